The van der Waals surface area contributed by atoms with E-state index in [9.17, 15) is 14.4 Å². The van der Waals surface area contributed by atoms with Gasteiger partial charge in [0.2, 0.25) is 5.91 Å². The Morgan fingerprint density at radius 2 is 1.89 bits per heavy atom. The highest BCUT2D eigenvalue weighted by Gasteiger charge is 2.47. The zero-order valence-corrected chi connectivity index (χ0v) is 20.4. The van der Waals surface area contributed by atoms with Crippen LogP contribution in [0.3, 0.4) is 0 Å². The van der Waals surface area contributed by atoms with Crippen LogP contribution < -0.4 is 10.6 Å². The highest BCUT2D eigenvalue weighted by molar-refractivity contribution is 6.10. The lowest BCUT2D eigenvalue weighted by Crippen LogP contribution is -2.45. The highest BCUT2D eigenvalue weighted by atomic mass is 16.2. The van der Waals surface area contributed by atoms with E-state index in [1.807, 2.05) is 48.5 Å². The van der Waals surface area contributed by atoms with Gasteiger partial charge >= 0.3 is 6.03 Å². The van der Waals surface area contributed by atoms with Crippen molar-refractivity contribution in [2.75, 3.05) is 11.9 Å². The zero-order chi connectivity index (χ0) is 25.1. The number of anilines is 1. The van der Waals surface area contributed by atoms with Crippen molar-refractivity contribution in [2.24, 2.45) is 0 Å². The minimum absolute atomic E-state index is 0.351. The molecule has 9 nitrogen and oxygen atoms in total. The molecule has 1 saturated heterocycles. The number of urea groups is 1. The SMILES string of the molecule is C[C@]1(CCc2ccccc2)NC(=O)N(CC(=O)Nc2cccc(-c3nnc4n3CCCCC4)c2)C1=O. The van der Waals surface area contributed by atoms with E-state index in [2.05, 4.69) is 25.4 Å². The van der Waals surface area contributed by atoms with Crippen LogP contribution in [0.4, 0.5) is 10.5 Å². The number of nitrogens with one attached hydrogen (secondary N) is 2. The van der Waals surface area contributed by atoms with Crippen molar-refractivity contribution in [3.8, 4) is 11.4 Å². The largest absolute Gasteiger partial charge is 0.325 e. The first-order valence-electron chi connectivity index (χ1n) is 12.4. The summed E-state index contributed by atoms with van der Waals surface area (Å²) < 4.78 is 2.15. The van der Waals surface area contributed by atoms with Crippen LogP contribution in [-0.4, -0.2) is 49.6 Å². The molecule has 0 aliphatic carbocycles. The first-order chi connectivity index (χ1) is 17.4. The van der Waals surface area contributed by atoms with Gasteiger partial charge in [0.05, 0.1) is 0 Å². The van der Waals surface area contributed by atoms with E-state index in [1.54, 1.807) is 13.0 Å². The molecule has 1 fully saturated rings. The average Bonchev–Trinajstić information content (AvgIpc) is 3.26. The Balaban J connectivity index is 1.23. The first kappa shape index (κ1) is 23.7. The molecule has 0 bridgehead atoms. The molecule has 3 aromatic rings. The Kier molecular flexibility index (Phi) is 6.54. The molecular formula is C27H30N6O3. The van der Waals surface area contributed by atoms with Crippen molar-refractivity contribution in [1.82, 2.24) is 25.0 Å². The first-order valence-corrected chi connectivity index (χ1v) is 12.4. The molecule has 2 aliphatic rings. The second kappa shape index (κ2) is 9.93. The topological polar surface area (TPSA) is 109 Å². The maximum Gasteiger partial charge on any atom is 0.325 e. The number of fused-ring (bicyclic) bond motifs is 1. The third kappa shape index (κ3) is 4.86. The number of amides is 4. The van der Waals surface area contributed by atoms with Gasteiger partial charge in [-0.15, -0.1) is 10.2 Å². The van der Waals surface area contributed by atoms with E-state index in [0.29, 0.717) is 18.5 Å². The van der Waals surface area contributed by atoms with Gasteiger partial charge in [-0.1, -0.05) is 48.9 Å². The molecule has 5 rings (SSSR count). The number of hydrogen-bond donors (Lipinski definition) is 2. The molecule has 0 spiro atoms. The molecule has 0 saturated carbocycles. The molecule has 9 heteroatoms. The van der Waals surface area contributed by atoms with E-state index < -0.39 is 23.4 Å². The van der Waals surface area contributed by atoms with Crippen LogP contribution >= 0.6 is 0 Å². The summed E-state index contributed by atoms with van der Waals surface area (Å²) in [5, 5.41) is 14.3. The number of imide groups is 1. The van der Waals surface area contributed by atoms with E-state index in [0.717, 1.165) is 53.5 Å². The smallest absolute Gasteiger partial charge is 0.325 e. The summed E-state index contributed by atoms with van der Waals surface area (Å²) in [4.78, 5) is 39.4. The van der Waals surface area contributed by atoms with Gasteiger partial charge in [-0.25, -0.2) is 4.79 Å². The quantitative estimate of drug-likeness (QED) is 0.497. The van der Waals surface area contributed by atoms with E-state index >= 15 is 0 Å². The van der Waals surface area contributed by atoms with Crippen LogP contribution in [0.1, 0.15) is 44.0 Å². The fourth-order valence-electron chi connectivity index (χ4n) is 4.88. The summed E-state index contributed by atoms with van der Waals surface area (Å²) in [7, 11) is 0. The van der Waals surface area contributed by atoms with Gasteiger partial charge in [-0.05, 0) is 50.3 Å². The van der Waals surface area contributed by atoms with E-state index in [1.165, 1.54) is 6.42 Å². The number of hydrogen-bond acceptors (Lipinski definition) is 5. The number of carbonyl (C=O) groups is 3. The monoisotopic (exact) mass is 486 g/mol. The molecule has 36 heavy (non-hydrogen) atoms. The maximum absolute atomic E-state index is 13.1. The Labute approximate surface area is 209 Å². The molecule has 0 radical (unpaired) electrons. The summed E-state index contributed by atoms with van der Waals surface area (Å²) in [5.74, 6) is 0.943. The average molecular weight is 487 g/mol. The van der Waals surface area contributed by atoms with Crippen LogP contribution in [0.25, 0.3) is 11.4 Å². The summed E-state index contributed by atoms with van der Waals surface area (Å²) >= 11 is 0. The second-order valence-electron chi connectivity index (χ2n) is 9.67. The lowest BCUT2D eigenvalue weighted by atomic mass is 9.93. The number of carbonyl (C=O) groups excluding carboxylic acids is 3. The van der Waals surface area contributed by atoms with Gasteiger partial charge in [0.25, 0.3) is 5.91 Å². The Morgan fingerprint density at radius 3 is 2.72 bits per heavy atom. The maximum atomic E-state index is 13.1. The van der Waals surface area contributed by atoms with Gasteiger partial charge in [-0.3, -0.25) is 14.5 Å². The van der Waals surface area contributed by atoms with Crippen molar-refractivity contribution >= 4 is 23.5 Å². The van der Waals surface area contributed by atoms with Crippen molar-refractivity contribution in [2.45, 2.75) is 57.5 Å². The number of aryl methyl sites for hydroxylation is 2. The molecule has 4 amide bonds. The molecule has 1 aromatic heterocycles. The minimum atomic E-state index is -1.04. The predicted octanol–water partition coefficient (Wildman–Crippen LogP) is 3.55. The Bertz CT molecular complexity index is 1290. The van der Waals surface area contributed by atoms with Crippen LogP contribution in [0.2, 0.25) is 0 Å². The lowest BCUT2D eigenvalue weighted by Gasteiger charge is -2.21. The van der Waals surface area contributed by atoms with E-state index in [-0.39, 0.29) is 6.54 Å². The minimum Gasteiger partial charge on any atom is -0.325 e. The number of nitrogens with zero attached hydrogens (tertiary/aromatic N) is 4. The van der Waals surface area contributed by atoms with Crippen LogP contribution in [-0.2, 0) is 29.0 Å². The molecule has 2 aliphatic heterocycles. The van der Waals surface area contributed by atoms with Crippen LogP contribution in [0.15, 0.2) is 54.6 Å². The summed E-state index contributed by atoms with van der Waals surface area (Å²) in [6, 6.07) is 16.6. The Morgan fingerprint density at radius 1 is 1.06 bits per heavy atom. The van der Waals surface area contributed by atoms with Crippen molar-refractivity contribution in [1.29, 1.82) is 0 Å². The molecular weight excluding hydrogens is 456 g/mol. The fourth-order valence-corrected chi connectivity index (χ4v) is 4.88. The van der Waals surface area contributed by atoms with Crippen LogP contribution in [0, 0.1) is 0 Å². The normalized spacial score (nSPS) is 19.5. The molecule has 3 heterocycles. The number of aromatic nitrogens is 3. The lowest BCUT2D eigenvalue weighted by molar-refractivity contribution is -0.133. The van der Waals surface area contributed by atoms with Gasteiger partial charge in [0.1, 0.15) is 17.9 Å². The number of rotatable bonds is 7. The van der Waals surface area contributed by atoms with Crippen molar-refractivity contribution < 1.29 is 14.4 Å². The van der Waals surface area contributed by atoms with Crippen molar-refractivity contribution in [3.05, 3.63) is 66.0 Å². The predicted molar refractivity (Wildman–Crippen MR) is 135 cm³/mol. The van der Waals surface area contributed by atoms with Gasteiger partial charge in [-0.2, -0.15) is 0 Å². The second-order valence-corrected chi connectivity index (χ2v) is 9.67. The Hall–Kier alpha value is -4.01. The molecule has 2 aromatic carbocycles. The molecule has 1 atom stereocenters. The third-order valence-electron chi connectivity index (χ3n) is 6.92. The van der Waals surface area contributed by atoms with Gasteiger partial charge in [0, 0.05) is 24.2 Å². The summed E-state index contributed by atoms with van der Waals surface area (Å²) in [6.45, 7) is 2.23. The fraction of sp³-hybridized carbons (Fsp3) is 0.370. The molecule has 186 valence electrons. The highest BCUT2D eigenvalue weighted by Crippen LogP contribution is 2.26. The molecule has 2 N–H and O–H groups in total. The summed E-state index contributed by atoms with van der Waals surface area (Å²) in [5.41, 5.74) is 1.47. The van der Waals surface area contributed by atoms with Gasteiger partial charge in [0.15, 0.2) is 5.82 Å². The van der Waals surface area contributed by atoms with Crippen molar-refractivity contribution in [3.63, 3.8) is 0 Å². The van der Waals surface area contributed by atoms with Crippen LogP contribution in [0.5, 0.6) is 0 Å². The molecule has 0 unspecified atom stereocenters. The summed E-state index contributed by atoms with van der Waals surface area (Å²) in [6.07, 6.45) is 5.38. The third-order valence-corrected chi connectivity index (χ3v) is 6.92. The van der Waals surface area contributed by atoms with Gasteiger partial charge < -0.3 is 15.2 Å². The number of benzene rings is 2. The zero-order valence-electron chi connectivity index (χ0n) is 20.4. The standard InChI is InChI=1S/C27H30N6O3/c1-27(15-14-19-9-4-2-5-10-19)25(35)33(26(36)29-27)18-23(34)28-21-12-8-11-20(17-21)24-31-30-22-13-6-3-7-16-32(22)24/h2,4-5,8-12,17H,3,6-7,13-16,18H2,1H3,(H,28,34)(H,29,36)/t27-/m1/s1. The van der Waals surface area contributed by atoms with E-state index in [4.69, 9.17) is 0 Å².